The van der Waals surface area contributed by atoms with Gasteiger partial charge in [-0.2, -0.15) is 5.10 Å². The molecule has 0 aliphatic heterocycles. The number of halogens is 3. The smallest absolute Gasteiger partial charge is 0.405 e. The van der Waals surface area contributed by atoms with E-state index in [0.717, 1.165) is 0 Å². The standard InChI is InChI=1S/C9H7F3N2O/c1-5-6-4-13-14-7(6)2-3-8(5)15-9(10,11)12/h2-4H,1H3,(H,13,14). The number of nitrogens with one attached hydrogen (secondary N) is 1. The van der Waals surface area contributed by atoms with Crippen molar-refractivity contribution in [1.82, 2.24) is 10.2 Å². The molecule has 0 amide bonds. The van der Waals surface area contributed by atoms with E-state index in [1.165, 1.54) is 18.3 Å². The van der Waals surface area contributed by atoms with Crippen LogP contribution in [0.25, 0.3) is 10.9 Å². The predicted molar refractivity (Wildman–Crippen MR) is 47.5 cm³/mol. The zero-order valence-corrected chi connectivity index (χ0v) is 7.72. The van der Waals surface area contributed by atoms with Crippen molar-refractivity contribution in [3.63, 3.8) is 0 Å². The van der Waals surface area contributed by atoms with Gasteiger partial charge in [0.15, 0.2) is 0 Å². The number of fused-ring (bicyclic) bond motifs is 1. The summed E-state index contributed by atoms with van der Waals surface area (Å²) in [5.41, 5.74) is 1.10. The number of hydrogen-bond donors (Lipinski definition) is 1. The molecule has 0 spiro atoms. The summed E-state index contributed by atoms with van der Waals surface area (Å²) < 4.78 is 39.9. The highest BCUT2D eigenvalue weighted by molar-refractivity contribution is 5.83. The minimum absolute atomic E-state index is 0.198. The van der Waals surface area contributed by atoms with Gasteiger partial charge in [-0.05, 0) is 19.1 Å². The Bertz CT molecular complexity index is 490. The Morgan fingerprint density at radius 3 is 2.73 bits per heavy atom. The highest BCUT2D eigenvalue weighted by Gasteiger charge is 2.31. The number of H-pyrrole nitrogens is 1. The molecule has 0 saturated heterocycles. The van der Waals surface area contributed by atoms with Crippen LogP contribution in [-0.2, 0) is 0 Å². The summed E-state index contributed by atoms with van der Waals surface area (Å²) in [6.07, 6.45) is -3.20. The van der Waals surface area contributed by atoms with E-state index in [0.29, 0.717) is 16.5 Å². The minimum Gasteiger partial charge on any atom is -0.405 e. The van der Waals surface area contributed by atoms with E-state index in [2.05, 4.69) is 14.9 Å². The zero-order chi connectivity index (χ0) is 11.1. The van der Waals surface area contributed by atoms with Gasteiger partial charge in [0.2, 0.25) is 0 Å². The maximum Gasteiger partial charge on any atom is 0.573 e. The number of aromatic amines is 1. The van der Waals surface area contributed by atoms with E-state index >= 15 is 0 Å². The van der Waals surface area contributed by atoms with Crippen molar-refractivity contribution in [3.8, 4) is 5.75 Å². The normalized spacial score (nSPS) is 12.0. The van der Waals surface area contributed by atoms with Crippen molar-refractivity contribution in [2.75, 3.05) is 0 Å². The van der Waals surface area contributed by atoms with E-state index in [1.807, 2.05) is 0 Å². The topological polar surface area (TPSA) is 37.9 Å². The van der Waals surface area contributed by atoms with Crippen LogP contribution in [0.3, 0.4) is 0 Å². The first-order chi connectivity index (χ1) is 6.97. The summed E-state index contributed by atoms with van der Waals surface area (Å²) in [6.45, 7) is 1.55. The number of nitrogens with zero attached hydrogens (tertiary/aromatic N) is 1. The Hall–Kier alpha value is -1.72. The molecule has 2 aromatic rings. The summed E-state index contributed by atoms with van der Waals surface area (Å²) in [6, 6.07) is 2.76. The first-order valence-electron chi connectivity index (χ1n) is 4.16. The molecule has 0 bridgehead atoms. The van der Waals surface area contributed by atoms with Crippen molar-refractivity contribution in [2.45, 2.75) is 13.3 Å². The molecule has 80 valence electrons. The lowest BCUT2D eigenvalue weighted by Gasteiger charge is -2.11. The summed E-state index contributed by atoms with van der Waals surface area (Å²) >= 11 is 0. The van der Waals surface area contributed by atoms with Gasteiger partial charge in [0.05, 0.1) is 11.7 Å². The molecule has 0 fully saturated rings. The SMILES string of the molecule is Cc1c(OC(F)(F)F)ccc2[nH]ncc12. The third kappa shape index (κ3) is 1.88. The number of rotatable bonds is 1. The van der Waals surface area contributed by atoms with E-state index in [-0.39, 0.29) is 5.75 Å². The van der Waals surface area contributed by atoms with Crippen LogP contribution in [-0.4, -0.2) is 16.6 Å². The van der Waals surface area contributed by atoms with Crippen LogP contribution in [0.15, 0.2) is 18.3 Å². The molecule has 6 heteroatoms. The van der Waals surface area contributed by atoms with E-state index in [9.17, 15) is 13.2 Å². The van der Waals surface area contributed by atoms with Gasteiger partial charge >= 0.3 is 6.36 Å². The van der Waals surface area contributed by atoms with Crippen LogP contribution in [0.2, 0.25) is 0 Å². The number of aryl methyl sites for hydroxylation is 1. The number of hydrogen-bond acceptors (Lipinski definition) is 2. The minimum atomic E-state index is -4.66. The second kappa shape index (κ2) is 3.15. The van der Waals surface area contributed by atoms with E-state index < -0.39 is 6.36 Å². The fraction of sp³-hybridized carbons (Fsp3) is 0.222. The highest BCUT2D eigenvalue weighted by atomic mass is 19.4. The molecule has 1 aromatic heterocycles. The van der Waals surface area contributed by atoms with Gasteiger partial charge in [0, 0.05) is 10.9 Å². The van der Waals surface area contributed by atoms with Gasteiger partial charge in [-0.25, -0.2) is 0 Å². The first-order valence-corrected chi connectivity index (χ1v) is 4.16. The molecular formula is C9H7F3N2O. The van der Waals surface area contributed by atoms with Crippen molar-refractivity contribution in [3.05, 3.63) is 23.9 Å². The summed E-state index contributed by atoms with van der Waals surface area (Å²) in [5.74, 6) is -0.198. The first kappa shape index (κ1) is 9.82. The quantitative estimate of drug-likeness (QED) is 0.795. The van der Waals surface area contributed by atoms with Gasteiger partial charge in [-0.15, -0.1) is 13.2 Å². The molecule has 0 radical (unpaired) electrons. The van der Waals surface area contributed by atoms with Crippen LogP contribution in [0.1, 0.15) is 5.56 Å². The number of alkyl halides is 3. The highest BCUT2D eigenvalue weighted by Crippen LogP contribution is 2.30. The zero-order valence-electron chi connectivity index (χ0n) is 7.72. The Morgan fingerprint density at radius 2 is 2.07 bits per heavy atom. The largest absolute Gasteiger partial charge is 0.573 e. The molecule has 2 rings (SSSR count). The van der Waals surface area contributed by atoms with Crippen LogP contribution >= 0.6 is 0 Å². The lowest BCUT2D eigenvalue weighted by molar-refractivity contribution is -0.274. The van der Waals surface area contributed by atoms with Gasteiger partial charge in [0.1, 0.15) is 5.75 Å². The van der Waals surface area contributed by atoms with Gasteiger partial charge < -0.3 is 4.74 Å². The monoisotopic (exact) mass is 216 g/mol. The van der Waals surface area contributed by atoms with Crippen LogP contribution < -0.4 is 4.74 Å². The second-order valence-electron chi connectivity index (χ2n) is 3.07. The van der Waals surface area contributed by atoms with Crippen molar-refractivity contribution >= 4 is 10.9 Å². The third-order valence-electron chi connectivity index (χ3n) is 2.07. The van der Waals surface area contributed by atoms with Crippen LogP contribution in [0.5, 0.6) is 5.75 Å². The molecule has 1 N–H and O–H groups in total. The Kier molecular flexibility index (Phi) is 2.06. The van der Waals surface area contributed by atoms with Crippen molar-refractivity contribution in [2.24, 2.45) is 0 Å². The van der Waals surface area contributed by atoms with E-state index in [4.69, 9.17) is 0 Å². The summed E-state index contributed by atoms with van der Waals surface area (Å²) in [7, 11) is 0. The lowest BCUT2D eigenvalue weighted by atomic mass is 10.1. The number of benzene rings is 1. The summed E-state index contributed by atoms with van der Waals surface area (Å²) in [5, 5.41) is 7.02. The molecule has 0 unspecified atom stereocenters. The maximum atomic E-state index is 12.0. The Morgan fingerprint density at radius 1 is 1.33 bits per heavy atom. The molecule has 0 aliphatic rings. The maximum absolute atomic E-state index is 12.0. The molecule has 3 nitrogen and oxygen atoms in total. The fourth-order valence-electron chi connectivity index (χ4n) is 1.37. The van der Waals surface area contributed by atoms with E-state index in [1.54, 1.807) is 6.92 Å². The van der Waals surface area contributed by atoms with Gasteiger partial charge in [0.25, 0.3) is 0 Å². The number of ether oxygens (including phenoxy) is 1. The molecule has 1 heterocycles. The molecule has 1 aromatic carbocycles. The fourth-order valence-corrected chi connectivity index (χ4v) is 1.37. The van der Waals surface area contributed by atoms with Gasteiger partial charge in [-0.1, -0.05) is 0 Å². The second-order valence-corrected chi connectivity index (χ2v) is 3.07. The van der Waals surface area contributed by atoms with Crippen molar-refractivity contribution < 1.29 is 17.9 Å². The number of aromatic nitrogens is 2. The third-order valence-corrected chi connectivity index (χ3v) is 2.07. The molecule has 0 aliphatic carbocycles. The lowest BCUT2D eigenvalue weighted by Crippen LogP contribution is -2.17. The van der Waals surface area contributed by atoms with Crippen molar-refractivity contribution in [1.29, 1.82) is 0 Å². The van der Waals surface area contributed by atoms with Crippen LogP contribution in [0.4, 0.5) is 13.2 Å². The Balaban J connectivity index is 2.48. The predicted octanol–water partition coefficient (Wildman–Crippen LogP) is 2.77. The summed E-state index contributed by atoms with van der Waals surface area (Å²) in [4.78, 5) is 0. The van der Waals surface area contributed by atoms with Crippen LogP contribution in [0, 0.1) is 6.92 Å². The molecular weight excluding hydrogens is 209 g/mol. The average molecular weight is 216 g/mol. The molecule has 0 saturated carbocycles. The molecule has 15 heavy (non-hydrogen) atoms. The molecule has 0 atom stereocenters. The van der Waals surface area contributed by atoms with Gasteiger partial charge in [-0.3, -0.25) is 5.10 Å². The average Bonchev–Trinajstić information content (AvgIpc) is 2.56. The Labute approximate surface area is 82.9 Å².